The molecule has 1 unspecified atom stereocenters. The van der Waals surface area contributed by atoms with E-state index in [1.807, 2.05) is 19.0 Å². The highest BCUT2D eigenvalue weighted by Gasteiger charge is 2.30. The molecule has 1 N–H and O–H groups in total. The van der Waals surface area contributed by atoms with Crippen LogP contribution in [0, 0.1) is 0 Å². The Bertz CT molecular complexity index is 441. The first-order chi connectivity index (χ1) is 8.59. The largest absolute Gasteiger partial charge is 0.480 e. The molecular weight excluding hydrogens is 252 g/mol. The van der Waals surface area contributed by atoms with Gasteiger partial charge in [-0.05, 0) is 6.07 Å². The second-order valence-electron chi connectivity index (χ2n) is 4.23. The Kier molecular flexibility index (Phi) is 3.90. The van der Waals surface area contributed by atoms with E-state index < -0.39 is 12.0 Å². The molecule has 0 radical (unpaired) electrons. The van der Waals surface area contributed by atoms with E-state index in [1.165, 1.54) is 0 Å². The van der Waals surface area contributed by atoms with Crippen molar-refractivity contribution in [1.29, 1.82) is 0 Å². The zero-order valence-corrected chi connectivity index (χ0v) is 11.2. The monoisotopic (exact) mass is 268 g/mol. The molecule has 0 bridgehead atoms. The Hall–Kier alpha value is -1.50. The van der Waals surface area contributed by atoms with Crippen molar-refractivity contribution in [3.05, 3.63) is 12.3 Å². The summed E-state index contributed by atoms with van der Waals surface area (Å²) in [5, 5.41) is 9.24. The third-order valence-electron chi connectivity index (χ3n) is 2.74. The summed E-state index contributed by atoms with van der Waals surface area (Å²) < 4.78 is 0. The molecule has 0 aromatic carbocycles. The van der Waals surface area contributed by atoms with E-state index >= 15 is 0 Å². The zero-order valence-electron chi connectivity index (χ0n) is 10.4. The molecule has 98 valence electrons. The van der Waals surface area contributed by atoms with Gasteiger partial charge in [0.05, 0.1) is 0 Å². The minimum atomic E-state index is -0.799. The van der Waals surface area contributed by atoms with Gasteiger partial charge in [-0.15, -0.1) is 0 Å². The van der Waals surface area contributed by atoms with Crippen molar-refractivity contribution in [2.75, 3.05) is 41.9 Å². The first-order valence-corrected chi connectivity index (χ1v) is 6.82. The Balaban J connectivity index is 2.28. The van der Waals surface area contributed by atoms with Crippen molar-refractivity contribution in [3.8, 4) is 0 Å². The Morgan fingerprint density at radius 1 is 1.61 bits per heavy atom. The third-order valence-corrected chi connectivity index (χ3v) is 3.76. The first kappa shape index (κ1) is 12.9. The van der Waals surface area contributed by atoms with Crippen molar-refractivity contribution in [2.24, 2.45) is 0 Å². The number of carboxylic acid groups (broad SMARTS) is 1. The van der Waals surface area contributed by atoms with Crippen LogP contribution in [0.2, 0.25) is 0 Å². The van der Waals surface area contributed by atoms with Gasteiger partial charge in [0, 0.05) is 38.3 Å². The van der Waals surface area contributed by atoms with Crippen molar-refractivity contribution in [1.82, 2.24) is 9.97 Å². The molecular formula is C11H16N4O2S. The highest BCUT2D eigenvalue weighted by molar-refractivity contribution is 7.99. The second kappa shape index (κ2) is 5.43. The number of hydrogen-bond donors (Lipinski definition) is 1. The van der Waals surface area contributed by atoms with E-state index in [-0.39, 0.29) is 0 Å². The summed E-state index contributed by atoms with van der Waals surface area (Å²) in [7, 11) is 3.72. The predicted molar refractivity (Wildman–Crippen MR) is 72.5 cm³/mol. The van der Waals surface area contributed by atoms with E-state index in [4.69, 9.17) is 0 Å². The van der Waals surface area contributed by atoms with Crippen LogP contribution in [0.1, 0.15) is 0 Å². The fraction of sp³-hybridized carbons (Fsp3) is 0.545. The number of aromatic nitrogens is 2. The maximum absolute atomic E-state index is 11.2. The van der Waals surface area contributed by atoms with Gasteiger partial charge >= 0.3 is 5.97 Å². The SMILES string of the molecule is CN(C)c1nccc(N2CCSCC2C(=O)O)n1. The molecule has 1 atom stereocenters. The molecule has 18 heavy (non-hydrogen) atoms. The maximum Gasteiger partial charge on any atom is 0.327 e. The smallest absolute Gasteiger partial charge is 0.327 e. The number of carboxylic acids is 1. The fourth-order valence-electron chi connectivity index (χ4n) is 1.80. The molecule has 1 aliphatic rings. The molecule has 0 saturated carbocycles. The van der Waals surface area contributed by atoms with Crippen LogP contribution < -0.4 is 9.80 Å². The number of nitrogens with zero attached hydrogens (tertiary/aromatic N) is 4. The third kappa shape index (κ3) is 2.66. The Morgan fingerprint density at radius 2 is 2.39 bits per heavy atom. The Morgan fingerprint density at radius 3 is 3.06 bits per heavy atom. The van der Waals surface area contributed by atoms with E-state index in [0.29, 0.717) is 24.1 Å². The van der Waals surface area contributed by atoms with Crippen LogP contribution in [0.4, 0.5) is 11.8 Å². The van der Waals surface area contributed by atoms with Crippen LogP contribution in [0.3, 0.4) is 0 Å². The highest BCUT2D eigenvalue weighted by atomic mass is 32.2. The molecule has 1 saturated heterocycles. The van der Waals surface area contributed by atoms with Gasteiger partial charge in [-0.3, -0.25) is 0 Å². The number of aliphatic carboxylic acids is 1. The first-order valence-electron chi connectivity index (χ1n) is 5.67. The molecule has 2 heterocycles. The molecule has 1 aliphatic heterocycles. The van der Waals surface area contributed by atoms with E-state index in [9.17, 15) is 9.90 Å². The van der Waals surface area contributed by atoms with Crippen molar-refractivity contribution >= 4 is 29.5 Å². The van der Waals surface area contributed by atoms with E-state index in [2.05, 4.69) is 9.97 Å². The van der Waals surface area contributed by atoms with Gasteiger partial charge < -0.3 is 14.9 Å². The van der Waals surface area contributed by atoms with Crippen LogP contribution in [-0.4, -0.2) is 59.2 Å². The van der Waals surface area contributed by atoms with Gasteiger partial charge in [0.2, 0.25) is 5.95 Å². The molecule has 0 amide bonds. The lowest BCUT2D eigenvalue weighted by Crippen LogP contribution is -2.47. The van der Waals surface area contributed by atoms with Gasteiger partial charge in [-0.2, -0.15) is 16.7 Å². The van der Waals surface area contributed by atoms with E-state index in [1.54, 1.807) is 28.9 Å². The van der Waals surface area contributed by atoms with E-state index in [0.717, 1.165) is 5.75 Å². The molecule has 7 heteroatoms. The number of carbonyl (C=O) groups is 1. The van der Waals surface area contributed by atoms with Gasteiger partial charge in [-0.1, -0.05) is 0 Å². The molecule has 1 aromatic heterocycles. The van der Waals surface area contributed by atoms with Gasteiger partial charge in [-0.25, -0.2) is 9.78 Å². The van der Waals surface area contributed by atoms with Crippen molar-refractivity contribution in [3.63, 3.8) is 0 Å². The summed E-state index contributed by atoms with van der Waals surface area (Å²) in [5.74, 6) is 1.99. The molecule has 1 fully saturated rings. The highest BCUT2D eigenvalue weighted by Crippen LogP contribution is 2.23. The number of thioether (sulfide) groups is 1. The lowest BCUT2D eigenvalue weighted by atomic mass is 10.2. The summed E-state index contributed by atoms with van der Waals surface area (Å²) in [6, 6.07) is 1.26. The average Bonchev–Trinajstić information content (AvgIpc) is 2.39. The minimum Gasteiger partial charge on any atom is -0.480 e. The zero-order chi connectivity index (χ0) is 13.1. The summed E-state index contributed by atoms with van der Waals surface area (Å²) in [6.45, 7) is 0.700. The fourth-order valence-corrected chi connectivity index (χ4v) is 2.84. The normalized spacial score (nSPS) is 19.7. The minimum absolute atomic E-state index is 0.506. The van der Waals surface area contributed by atoms with Crippen LogP contribution >= 0.6 is 11.8 Å². The Labute approximate surface area is 110 Å². The predicted octanol–water partition coefficient (Wildman–Crippen LogP) is 0.549. The second-order valence-corrected chi connectivity index (χ2v) is 5.38. The standard InChI is InChI=1S/C11H16N4O2S/c1-14(2)11-12-4-3-9(13-11)15-5-6-18-7-8(15)10(16)17/h3-4,8H,5-7H2,1-2H3,(H,16,17). The molecule has 6 nitrogen and oxygen atoms in total. The van der Waals surface area contributed by atoms with Crippen molar-refractivity contribution in [2.45, 2.75) is 6.04 Å². The maximum atomic E-state index is 11.2. The van der Waals surface area contributed by atoms with Crippen LogP contribution in [0.25, 0.3) is 0 Å². The summed E-state index contributed by atoms with van der Waals surface area (Å²) >= 11 is 1.66. The average molecular weight is 268 g/mol. The number of anilines is 2. The summed E-state index contributed by atoms with van der Waals surface area (Å²) in [4.78, 5) is 23.4. The molecule has 2 rings (SSSR count). The summed E-state index contributed by atoms with van der Waals surface area (Å²) in [6.07, 6.45) is 1.67. The molecule has 0 spiro atoms. The quantitative estimate of drug-likeness (QED) is 0.858. The van der Waals surface area contributed by atoms with Crippen LogP contribution in [0.5, 0.6) is 0 Å². The van der Waals surface area contributed by atoms with Crippen LogP contribution in [-0.2, 0) is 4.79 Å². The lowest BCUT2D eigenvalue weighted by molar-refractivity contribution is -0.138. The number of rotatable bonds is 3. The van der Waals surface area contributed by atoms with Crippen molar-refractivity contribution < 1.29 is 9.90 Å². The van der Waals surface area contributed by atoms with Gasteiger partial charge in [0.25, 0.3) is 0 Å². The topological polar surface area (TPSA) is 69.6 Å². The molecule has 1 aromatic rings. The summed E-state index contributed by atoms with van der Waals surface area (Å²) in [5.41, 5.74) is 0. The van der Waals surface area contributed by atoms with Gasteiger partial charge in [0.1, 0.15) is 11.9 Å². The van der Waals surface area contributed by atoms with Gasteiger partial charge in [0.15, 0.2) is 0 Å². The van der Waals surface area contributed by atoms with Crippen LogP contribution in [0.15, 0.2) is 12.3 Å². The molecule has 0 aliphatic carbocycles. The number of hydrogen-bond acceptors (Lipinski definition) is 6. The lowest BCUT2D eigenvalue weighted by Gasteiger charge is -2.33.